The van der Waals surface area contributed by atoms with Crippen LogP contribution in [0.1, 0.15) is 0 Å². The average Bonchev–Trinajstić information content (AvgIpc) is 3.25. The van der Waals surface area contributed by atoms with Crippen molar-refractivity contribution in [3.63, 3.8) is 0 Å². The van der Waals surface area contributed by atoms with Crippen LogP contribution in [0.3, 0.4) is 0 Å². The second-order valence-corrected chi connectivity index (χ2v) is 4.81. The van der Waals surface area contributed by atoms with E-state index in [0.717, 1.165) is 33.8 Å². The van der Waals surface area contributed by atoms with E-state index in [1.807, 2.05) is 30.3 Å². The van der Waals surface area contributed by atoms with E-state index in [9.17, 15) is 0 Å². The number of nitrogens with zero attached hydrogens (tertiary/aromatic N) is 4. The molecule has 4 aromatic heterocycles. The fourth-order valence-corrected chi connectivity index (χ4v) is 2.34. The molecule has 4 heterocycles. The molecule has 22 heavy (non-hydrogen) atoms. The number of hydrogen-bond acceptors (Lipinski definition) is 4. The molecule has 0 amide bonds. The van der Waals surface area contributed by atoms with Crippen LogP contribution in [0.4, 0.5) is 0 Å². The Kier molecular flexibility index (Phi) is 2.97. The molecule has 0 bridgehead atoms. The van der Waals surface area contributed by atoms with Gasteiger partial charge in [-0.15, -0.1) is 0 Å². The van der Waals surface area contributed by atoms with E-state index in [-0.39, 0.29) is 0 Å². The van der Waals surface area contributed by atoms with Gasteiger partial charge in [0, 0.05) is 41.5 Å². The first kappa shape index (κ1) is 12.5. The van der Waals surface area contributed by atoms with Crippen LogP contribution in [-0.4, -0.2) is 30.4 Å². The lowest BCUT2D eigenvalue weighted by atomic mass is 10.1. The zero-order valence-corrected chi connectivity index (χ0v) is 11.6. The normalized spacial score (nSPS) is 10.7. The number of aromatic nitrogens is 6. The maximum Gasteiger partial charge on any atom is 0.0942 e. The fourth-order valence-electron chi connectivity index (χ4n) is 2.34. The Bertz CT molecular complexity index is 879. The van der Waals surface area contributed by atoms with Crippen LogP contribution in [0.15, 0.2) is 61.3 Å². The zero-order valence-electron chi connectivity index (χ0n) is 11.6. The van der Waals surface area contributed by atoms with Crippen molar-refractivity contribution in [2.24, 2.45) is 0 Å². The molecule has 6 nitrogen and oxygen atoms in total. The first-order chi connectivity index (χ1) is 10.9. The van der Waals surface area contributed by atoms with Crippen molar-refractivity contribution in [2.75, 3.05) is 0 Å². The van der Waals surface area contributed by atoms with Gasteiger partial charge in [-0.3, -0.25) is 20.2 Å². The van der Waals surface area contributed by atoms with Crippen LogP contribution in [0, 0.1) is 0 Å². The molecule has 106 valence electrons. The lowest BCUT2D eigenvalue weighted by Crippen LogP contribution is -1.83. The number of H-pyrrole nitrogens is 2. The van der Waals surface area contributed by atoms with Gasteiger partial charge >= 0.3 is 0 Å². The van der Waals surface area contributed by atoms with Crippen LogP contribution >= 0.6 is 0 Å². The summed E-state index contributed by atoms with van der Waals surface area (Å²) in [6.45, 7) is 0. The van der Waals surface area contributed by atoms with Gasteiger partial charge in [0.2, 0.25) is 0 Å². The summed E-state index contributed by atoms with van der Waals surface area (Å²) in [7, 11) is 0. The molecule has 0 radical (unpaired) electrons. The quantitative estimate of drug-likeness (QED) is 0.607. The van der Waals surface area contributed by atoms with Crippen molar-refractivity contribution in [2.45, 2.75) is 0 Å². The Hall–Kier alpha value is -3.28. The first-order valence-corrected chi connectivity index (χ1v) is 6.82. The summed E-state index contributed by atoms with van der Waals surface area (Å²) in [6.07, 6.45) is 8.86. The molecule has 6 heteroatoms. The minimum Gasteiger partial charge on any atom is -0.277 e. The number of rotatable bonds is 3. The molecule has 0 spiro atoms. The Balaban J connectivity index is 1.76. The summed E-state index contributed by atoms with van der Waals surface area (Å²) in [6, 6.07) is 9.74. The summed E-state index contributed by atoms with van der Waals surface area (Å²) < 4.78 is 0. The highest BCUT2D eigenvalue weighted by Crippen LogP contribution is 2.30. The third-order valence-electron chi connectivity index (χ3n) is 3.41. The molecule has 0 saturated heterocycles. The molecule has 0 fully saturated rings. The lowest BCUT2D eigenvalue weighted by molar-refractivity contribution is 1.09. The van der Waals surface area contributed by atoms with Gasteiger partial charge in [0.1, 0.15) is 0 Å². The van der Waals surface area contributed by atoms with Crippen LogP contribution < -0.4 is 0 Å². The third-order valence-corrected chi connectivity index (χ3v) is 3.41. The van der Waals surface area contributed by atoms with Crippen molar-refractivity contribution in [3.8, 4) is 33.8 Å². The summed E-state index contributed by atoms with van der Waals surface area (Å²) >= 11 is 0. The standard InChI is InChI=1S/C16H12N6/c1-3-11(8-17-5-1)14-7-15(21-20-14)13-10-19-22-16(13)12-4-2-6-18-9-12/h1-10H,(H,19,22)(H,20,21). The van der Waals surface area contributed by atoms with E-state index in [4.69, 9.17) is 0 Å². The molecule has 0 aliphatic carbocycles. The van der Waals surface area contributed by atoms with Gasteiger partial charge in [-0.05, 0) is 30.3 Å². The minimum absolute atomic E-state index is 0.849. The Morgan fingerprint density at radius 1 is 0.818 bits per heavy atom. The van der Waals surface area contributed by atoms with Gasteiger partial charge in [0.15, 0.2) is 0 Å². The van der Waals surface area contributed by atoms with Crippen molar-refractivity contribution in [1.29, 1.82) is 0 Å². The largest absolute Gasteiger partial charge is 0.277 e. The molecule has 2 N–H and O–H groups in total. The van der Waals surface area contributed by atoms with Crippen molar-refractivity contribution < 1.29 is 0 Å². The Morgan fingerprint density at radius 3 is 2.32 bits per heavy atom. The number of pyridine rings is 2. The lowest BCUT2D eigenvalue weighted by Gasteiger charge is -2.00. The van der Waals surface area contributed by atoms with Gasteiger partial charge in [-0.2, -0.15) is 10.2 Å². The molecule has 0 aliphatic heterocycles. The second kappa shape index (κ2) is 5.25. The van der Waals surface area contributed by atoms with E-state index in [2.05, 4.69) is 30.4 Å². The monoisotopic (exact) mass is 288 g/mol. The summed E-state index contributed by atoms with van der Waals surface area (Å²) in [5.41, 5.74) is 5.56. The van der Waals surface area contributed by atoms with Gasteiger partial charge in [0.05, 0.1) is 23.3 Å². The van der Waals surface area contributed by atoms with E-state index in [1.165, 1.54) is 0 Å². The van der Waals surface area contributed by atoms with E-state index in [1.54, 1.807) is 31.0 Å². The Labute approximate surface area is 126 Å². The molecule has 0 saturated carbocycles. The second-order valence-electron chi connectivity index (χ2n) is 4.81. The summed E-state index contributed by atoms with van der Waals surface area (Å²) in [5, 5.41) is 14.6. The van der Waals surface area contributed by atoms with Crippen LogP contribution in [-0.2, 0) is 0 Å². The molecule has 0 unspecified atom stereocenters. The smallest absolute Gasteiger partial charge is 0.0942 e. The van der Waals surface area contributed by atoms with Crippen LogP contribution in [0.2, 0.25) is 0 Å². The Morgan fingerprint density at radius 2 is 1.59 bits per heavy atom. The molecule has 4 rings (SSSR count). The molecule has 4 aromatic rings. The van der Waals surface area contributed by atoms with Gasteiger partial charge in [-0.1, -0.05) is 0 Å². The molecule has 0 aliphatic rings. The highest BCUT2D eigenvalue weighted by Gasteiger charge is 2.13. The zero-order chi connectivity index (χ0) is 14.8. The van der Waals surface area contributed by atoms with E-state index >= 15 is 0 Å². The van der Waals surface area contributed by atoms with Crippen LogP contribution in [0.25, 0.3) is 33.8 Å². The molecular weight excluding hydrogens is 276 g/mol. The fraction of sp³-hybridized carbons (Fsp3) is 0. The first-order valence-electron chi connectivity index (χ1n) is 6.82. The van der Waals surface area contributed by atoms with Crippen molar-refractivity contribution >= 4 is 0 Å². The van der Waals surface area contributed by atoms with Gasteiger partial charge < -0.3 is 0 Å². The van der Waals surface area contributed by atoms with Gasteiger partial charge in [0.25, 0.3) is 0 Å². The molecule has 0 aromatic carbocycles. The molecule has 0 atom stereocenters. The van der Waals surface area contributed by atoms with Crippen molar-refractivity contribution in [3.05, 3.63) is 61.3 Å². The summed E-state index contributed by atoms with van der Waals surface area (Å²) in [5.74, 6) is 0. The molecular formula is C16H12N6. The van der Waals surface area contributed by atoms with Crippen LogP contribution in [0.5, 0.6) is 0 Å². The van der Waals surface area contributed by atoms with Gasteiger partial charge in [-0.25, -0.2) is 0 Å². The number of aromatic amines is 2. The predicted molar refractivity (Wildman–Crippen MR) is 82.6 cm³/mol. The summed E-state index contributed by atoms with van der Waals surface area (Å²) in [4.78, 5) is 8.26. The average molecular weight is 288 g/mol. The highest BCUT2D eigenvalue weighted by molar-refractivity contribution is 5.79. The highest BCUT2D eigenvalue weighted by atomic mass is 15.1. The maximum atomic E-state index is 4.35. The maximum absolute atomic E-state index is 4.35. The van der Waals surface area contributed by atoms with Crippen molar-refractivity contribution in [1.82, 2.24) is 30.4 Å². The predicted octanol–water partition coefficient (Wildman–Crippen LogP) is 2.92. The number of nitrogens with one attached hydrogen (secondary N) is 2. The topological polar surface area (TPSA) is 83.1 Å². The number of hydrogen-bond donors (Lipinski definition) is 2. The van der Waals surface area contributed by atoms with E-state index < -0.39 is 0 Å². The minimum atomic E-state index is 0.849. The van der Waals surface area contributed by atoms with E-state index in [0.29, 0.717) is 0 Å². The SMILES string of the molecule is c1cncc(-c2cc(-c3cn[nH]c3-c3cccnc3)[nH]n2)c1. The third kappa shape index (κ3) is 2.16.